The summed E-state index contributed by atoms with van der Waals surface area (Å²) in [5.41, 5.74) is 0.664. The van der Waals surface area contributed by atoms with Crippen molar-refractivity contribution >= 4 is 68.5 Å². The Labute approximate surface area is 241 Å². The van der Waals surface area contributed by atoms with Crippen molar-refractivity contribution in [2.75, 3.05) is 23.7 Å². The van der Waals surface area contributed by atoms with Gasteiger partial charge in [-0.05, 0) is 60.9 Å². The first-order valence-electron chi connectivity index (χ1n) is 12.2. The van der Waals surface area contributed by atoms with E-state index in [0.29, 0.717) is 52.2 Å². The molecule has 0 aliphatic carbocycles. The molecule has 204 valence electrons. The van der Waals surface area contributed by atoms with Gasteiger partial charge in [0.1, 0.15) is 10.4 Å². The fourth-order valence-electron chi connectivity index (χ4n) is 5.11. The second-order valence-corrected chi connectivity index (χ2v) is 12.7. The SMILES string of the molecule is O=CN1CCC(NS(=O)(=O)c2ccc(Cl)cc2NC2(Cc3cccc(Cl)c3)C(=O)Nc3cc(Cl)ccc32)CC1. The monoisotopic (exact) mass is 606 g/mol. The van der Waals surface area contributed by atoms with E-state index >= 15 is 0 Å². The number of nitrogens with zero attached hydrogens (tertiary/aromatic N) is 1. The van der Waals surface area contributed by atoms with E-state index in [9.17, 15) is 18.0 Å². The average molecular weight is 608 g/mol. The number of piperidine rings is 1. The summed E-state index contributed by atoms with van der Waals surface area (Å²) in [4.78, 5) is 26.3. The highest BCUT2D eigenvalue weighted by Gasteiger charge is 2.48. The Hall–Kier alpha value is -2.82. The number of hydrogen-bond acceptors (Lipinski definition) is 5. The van der Waals surface area contributed by atoms with Gasteiger partial charge in [-0.25, -0.2) is 13.1 Å². The molecule has 0 aromatic heterocycles. The summed E-state index contributed by atoms with van der Waals surface area (Å²) in [7, 11) is -4.03. The standard InChI is InChI=1S/C27H25Cl3N4O4S/c28-18-3-1-2-17(12-18)15-27(22-6-4-19(29)13-23(22)31-26(27)36)32-24-14-20(30)5-7-25(24)39(37,38)33-21-8-10-34(16-35)11-9-21/h1-7,12-14,16,21,32-33H,8-11,15H2,(H,31,36). The fourth-order valence-corrected chi connectivity index (χ4v) is 7.12. The summed E-state index contributed by atoms with van der Waals surface area (Å²) in [6.45, 7) is 0.926. The smallest absolute Gasteiger partial charge is 0.255 e. The highest BCUT2D eigenvalue weighted by Crippen LogP contribution is 2.43. The number of likely N-dealkylation sites (tertiary alicyclic amines) is 1. The van der Waals surface area contributed by atoms with E-state index in [0.717, 1.165) is 12.0 Å². The Morgan fingerprint density at radius 3 is 2.38 bits per heavy atom. The molecule has 8 nitrogen and oxygen atoms in total. The molecule has 2 heterocycles. The molecule has 5 rings (SSSR count). The molecule has 1 fully saturated rings. The van der Waals surface area contributed by atoms with Crippen LogP contribution in [-0.2, 0) is 31.6 Å². The van der Waals surface area contributed by atoms with Crippen LogP contribution in [0.5, 0.6) is 0 Å². The molecule has 1 atom stereocenters. The lowest BCUT2D eigenvalue weighted by molar-refractivity contribution is -0.120. The summed E-state index contributed by atoms with van der Waals surface area (Å²) in [6.07, 6.45) is 1.91. The molecule has 1 saturated heterocycles. The number of fused-ring (bicyclic) bond motifs is 1. The molecule has 0 radical (unpaired) electrons. The summed E-state index contributed by atoms with van der Waals surface area (Å²) in [5.74, 6) is -0.378. The first-order valence-corrected chi connectivity index (χ1v) is 14.9. The van der Waals surface area contributed by atoms with Crippen LogP contribution in [0.15, 0.2) is 65.6 Å². The van der Waals surface area contributed by atoms with Crippen molar-refractivity contribution in [3.8, 4) is 0 Å². The van der Waals surface area contributed by atoms with Crippen molar-refractivity contribution in [2.45, 2.75) is 35.7 Å². The minimum atomic E-state index is -4.03. The lowest BCUT2D eigenvalue weighted by atomic mass is 9.84. The number of benzene rings is 3. The fraction of sp³-hybridized carbons (Fsp3) is 0.259. The van der Waals surface area contributed by atoms with Crippen LogP contribution < -0.4 is 15.4 Å². The maximum Gasteiger partial charge on any atom is 0.255 e. The number of halogens is 3. The van der Waals surface area contributed by atoms with Crippen molar-refractivity contribution < 1.29 is 18.0 Å². The number of carbonyl (C=O) groups is 2. The molecule has 3 N–H and O–H groups in total. The van der Waals surface area contributed by atoms with Crippen molar-refractivity contribution in [2.24, 2.45) is 0 Å². The highest BCUT2D eigenvalue weighted by atomic mass is 35.5. The molecule has 3 aromatic carbocycles. The minimum absolute atomic E-state index is 0.0506. The average Bonchev–Trinajstić information content (AvgIpc) is 3.13. The molecule has 2 amide bonds. The summed E-state index contributed by atoms with van der Waals surface area (Å²) >= 11 is 18.8. The van der Waals surface area contributed by atoms with E-state index in [-0.39, 0.29) is 29.0 Å². The molecular formula is C27H25Cl3N4O4S. The Bertz CT molecular complexity index is 1540. The molecule has 0 saturated carbocycles. The highest BCUT2D eigenvalue weighted by molar-refractivity contribution is 7.89. The Morgan fingerprint density at radius 1 is 0.974 bits per heavy atom. The van der Waals surface area contributed by atoms with Crippen LogP contribution in [-0.4, -0.2) is 44.8 Å². The molecule has 2 aliphatic heterocycles. The first kappa shape index (κ1) is 27.7. The number of nitrogens with one attached hydrogen (secondary N) is 3. The molecule has 39 heavy (non-hydrogen) atoms. The maximum atomic E-state index is 13.7. The van der Waals surface area contributed by atoms with Crippen LogP contribution in [0.3, 0.4) is 0 Å². The summed E-state index contributed by atoms with van der Waals surface area (Å²) < 4.78 is 30.0. The van der Waals surface area contributed by atoms with Crippen LogP contribution >= 0.6 is 34.8 Å². The molecular weight excluding hydrogens is 583 g/mol. The Kier molecular flexibility index (Phi) is 7.81. The van der Waals surface area contributed by atoms with Gasteiger partial charge in [0.2, 0.25) is 16.4 Å². The van der Waals surface area contributed by atoms with Gasteiger partial charge < -0.3 is 15.5 Å². The normalized spacial score (nSPS) is 19.5. The Morgan fingerprint density at radius 2 is 1.67 bits per heavy atom. The van der Waals surface area contributed by atoms with Gasteiger partial charge in [-0.3, -0.25) is 9.59 Å². The van der Waals surface area contributed by atoms with Crippen LogP contribution in [0, 0.1) is 0 Å². The van der Waals surface area contributed by atoms with Gasteiger partial charge in [-0.15, -0.1) is 0 Å². The van der Waals surface area contributed by atoms with Crippen molar-refractivity contribution in [1.29, 1.82) is 0 Å². The third-order valence-electron chi connectivity index (χ3n) is 7.02. The number of hydrogen-bond donors (Lipinski definition) is 3. The summed E-state index contributed by atoms with van der Waals surface area (Å²) in [6, 6.07) is 16.3. The van der Waals surface area contributed by atoms with Gasteiger partial charge in [0.15, 0.2) is 0 Å². The quantitative estimate of drug-likeness (QED) is 0.311. The molecule has 0 bridgehead atoms. The predicted molar refractivity (Wildman–Crippen MR) is 153 cm³/mol. The molecule has 2 aliphatic rings. The van der Waals surface area contributed by atoms with Gasteiger partial charge in [-0.1, -0.05) is 53.0 Å². The number of rotatable bonds is 8. The van der Waals surface area contributed by atoms with Crippen LogP contribution in [0.25, 0.3) is 0 Å². The van der Waals surface area contributed by atoms with Gasteiger partial charge in [0.05, 0.1) is 5.69 Å². The van der Waals surface area contributed by atoms with Crippen molar-refractivity contribution in [3.05, 3.63) is 86.9 Å². The first-order chi connectivity index (χ1) is 18.6. The second-order valence-electron chi connectivity index (χ2n) is 9.66. The molecule has 0 spiro atoms. The van der Waals surface area contributed by atoms with Crippen LogP contribution in [0.2, 0.25) is 15.1 Å². The second kappa shape index (κ2) is 11.0. The predicted octanol–water partition coefficient (Wildman–Crippen LogP) is 5.05. The van der Waals surface area contributed by atoms with E-state index in [4.69, 9.17) is 34.8 Å². The largest absolute Gasteiger partial charge is 0.366 e. The maximum absolute atomic E-state index is 13.7. The molecule has 3 aromatic rings. The zero-order valence-corrected chi connectivity index (χ0v) is 23.7. The topological polar surface area (TPSA) is 108 Å². The van der Waals surface area contributed by atoms with E-state index in [1.165, 1.54) is 18.2 Å². The van der Waals surface area contributed by atoms with E-state index in [1.54, 1.807) is 41.3 Å². The number of carbonyl (C=O) groups excluding carboxylic acids is 2. The van der Waals surface area contributed by atoms with Crippen LogP contribution in [0.1, 0.15) is 24.0 Å². The van der Waals surface area contributed by atoms with Gasteiger partial charge in [0.25, 0.3) is 5.91 Å². The zero-order chi connectivity index (χ0) is 27.8. The van der Waals surface area contributed by atoms with Gasteiger partial charge in [-0.2, -0.15) is 0 Å². The number of anilines is 2. The third-order valence-corrected chi connectivity index (χ3v) is 9.30. The third kappa shape index (κ3) is 5.73. The lowest BCUT2D eigenvalue weighted by Gasteiger charge is -2.32. The van der Waals surface area contributed by atoms with Crippen molar-refractivity contribution in [3.63, 3.8) is 0 Å². The van der Waals surface area contributed by atoms with Crippen molar-refractivity contribution in [1.82, 2.24) is 9.62 Å². The number of amides is 2. The minimum Gasteiger partial charge on any atom is -0.366 e. The molecule has 12 heteroatoms. The Balaban J connectivity index is 1.56. The van der Waals surface area contributed by atoms with E-state index in [2.05, 4.69) is 15.4 Å². The van der Waals surface area contributed by atoms with Gasteiger partial charge in [0, 0.05) is 51.9 Å². The van der Waals surface area contributed by atoms with E-state index < -0.39 is 15.6 Å². The molecule has 1 unspecified atom stereocenters. The van der Waals surface area contributed by atoms with Crippen LogP contribution in [0.4, 0.5) is 11.4 Å². The summed E-state index contributed by atoms with van der Waals surface area (Å²) in [5, 5.41) is 7.39. The van der Waals surface area contributed by atoms with E-state index in [1.807, 2.05) is 6.07 Å². The lowest BCUT2D eigenvalue weighted by Crippen LogP contribution is -2.46. The van der Waals surface area contributed by atoms with Gasteiger partial charge >= 0.3 is 0 Å². The zero-order valence-electron chi connectivity index (χ0n) is 20.6. The number of sulfonamides is 1.